The van der Waals surface area contributed by atoms with E-state index in [-0.39, 0.29) is 5.60 Å². The molecule has 0 radical (unpaired) electrons. The van der Waals surface area contributed by atoms with Crippen molar-refractivity contribution in [2.75, 3.05) is 13.7 Å². The van der Waals surface area contributed by atoms with E-state index in [0.717, 1.165) is 12.5 Å². The Morgan fingerprint density at radius 2 is 2.16 bits per heavy atom. The van der Waals surface area contributed by atoms with E-state index in [2.05, 4.69) is 33.8 Å². The van der Waals surface area contributed by atoms with Gasteiger partial charge >= 0.3 is 0 Å². The zero-order chi connectivity index (χ0) is 14.0. The molecule has 2 nitrogen and oxygen atoms in total. The van der Waals surface area contributed by atoms with Crippen LogP contribution in [0.5, 0.6) is 0 Å². The Morgan fingerprint density at radius 1 is 1.47 bits per heavy atom. The van der Waals surface area contributed by atoms with Gasteiger partial charge in [0.25, 0.3) is 0 Å². The fraction of sp³-hybridized carbons (Fsp3) is 0.882. The topological polar surface area (TPSA) is 21.8 Å². The molecular formula is C17H30O2. The summed E-state index contributed by atoms with van der Waals surface area (Å²) < 4.78 is 11.7. The molecule has 4 unspecified atom stereocenters. The van der Waals surface area contributed by atoms with Crippen LogP contribution >= 0.6 is 0 Å². The van der Waals surface area contributed by atoms with E-state index in [4.69, 9.17) is 9.47 Å². The van der Waals surface area contributed by atoms with Gasteiger partial charge in [0.2, 0.25) is 0 Å². The third-order valence-electron chi connectivity index (χ3n) is 4.97. The normalized spacial score (nSPS) is 39.1. The van der Waals surface area contributed by atoms with Crippen LogP contribution in [0.4, 0.5) is 0 Å². The smallest absolute Gasteiger partial charge is 0.101 e. The Labute approximate surface area is 118 Å². The lowest BCUT2D eigenvalue weighted by atomic mass is 9.69. The van der Waals surface area contributed by atoms with Crippen LogP contribution in [0.25, 0.3) is 0 Å². The summed E-state index contributed by atoms with van der Waals surface area (Å²) in [6, 6.07) is 0. The van der Waals surface area contributed by atoms with E-state index in [1.807, 2.05) is 7.11 Å². The summed E-state index contributed by atoms with van der Waals surface area (Å²) in [5, 5.41) is 0. The molecule has 0 bridgehead atoms. The van der Waals surface area contributed by atoms with Crippen LogP contribution in [-0.2, 0) is 9.47 Å². The summed E-state index contributed by atoms with van der Waals surface area (Å²) in [5.74, 6) is 1.88. The molecule has 2 aliphatic rings. The first kappa shape index (κ1) is 15.1. The number of rotatable bonds is 5. The molecule has 1 saturated heterocycles. The molecule has 0 aromatic rings. The van der Waals surface area contributed by atoms with Crippen molar-refractivity contribution in [3.63, 3.8) is 0 Å². The van der Waals surface area contributed by atoms with Crippen molar-refractivity contribution in [3.05, 3.63) is 11.6 Å². The van der Waals surface area contributed by atoms with E-state index in [0.29, 0.717) is 17.9 Å². The van der Waals surface area contributed by atoms with Crippen molar-refractivity contribution >= 4 is 0 Å². The Balaban J connectivity index is 2.08. The molecule has 19 heavy (non-hydrogen) atoms. The van der Waals surface area contributed by atoms with Gasteiger partial charge in [-0.15, -0.1) is 0 Å². The van der Waals surface area contributed by atoms with Crippen molar-refractivity contribution in [2.45, 2.75) is 65.1 Å². The molecule has 1 saturated carbocycles. The monoisotopic (exact) mass is 266 g/mol. The lowest BCUT2D eigenvalue weighted by Crippen LogP contribution is -2.45. The van der Waals surface area contributed by atoms with Gasteiger partial charge in [-0.05, 0) is 44.4 Å². The van der Waals surface area contributed by atoms with Gasteiger partial charge in [-0.3, -0.25) is 0 Å². The first-order chi connectivity index (χ1) is 9.00. The van der Waals surface area contributed by atoms with Crippen LogP contribution in [0.1, 0.15) is 53.4 Å². The number of epoxide rings is 1. The average Bonchev–Trinajstić information content (AvgIpc) is 3.12. The molecule has 1 aliphatic carbocycles. The maximum Gasteiger partial charge on any atom is 0.101 e. The van der Waals surface area contributed by atoms with Crippen LogP contribution in [0.15, 0.2) is 11.6 Å². The molecule has 0 amide bonds. The summed E-state index contributed by atoms with van der Waals surface area (Å²) in [6.07, 6.45) is 7.64. The van der Waals surface area contributed by atoms with Crippen molar-refractivity contribution < 1.29 is 9.47 Å². The van der Waals surface area contributed by atoms with E-state index in [1.54, 1.807) is 0 Å². The lowest BCUT2D eigenvalue weighted by Gasteiger charge is -2.40. The highest BCUT2D eigenvalue weighted by atomic mass is 16.6. The minimum absolute atomic E-state index is 0.117. The third-order valence-corrected chi connectivity index (χ3v) is 4.97. The van der Waals surface area contributed by atoms with E-state index >= 15 is 0 Å². The molecule has 2 heteroatoms. The summed E-state index contributed by atoms with van der Waals surface area (Å²) in [5.41, 5.74) is 1.60. The van der Waals surface area contributed by atoms with Gasteiger partial charge in [0, 0.05) is 13.0 Å². The highest BCUT2D eigenvalue weighted by Gasteiger charge is 2.58. The van der Waals surface area contributed by atoms with E-state index < -0.39 is 0 Å². The van der Waals surface area contributed by atoms with Crippen LogP contribution in [0, 0.1) is 17.8 Å². The second-order valence-corrected chi connectivity index (χ2v) is 6.97. The molecule has 110 valence electrons. The van der Waals surface area contributed by atoms with Crippen molar-refractivity contribution in [3.8, 4) is 0 Å². The second kappa shape index (κ2) is 5.97. The fourth-order valence-corrected chi connectivity index (χ4v) is 3.65. The van der Waals surface area contributed by atoms with Crippen molar-refractivity contribution in [2.24, 2.45) is 17.8 Å². The molecule has 0 N–H and O–H groups in total. The highest BCUT2D eigenvalue weighted by Crippen LogP contribution is 2.51. The summed E-state index contributed by atoms with van der Waals surface area (Å²) in [7, 11) is 1.86. The number of hydrogen-bond acceptors (Lipinski definition) is 2. The van der Waals surface area contributed by atoms with Gasteiger partial charge in [-0.2, -0.15) is 0 Å². The molecule has 2 fully saturated rings. The first-order valence-electron chi connectivity index (χ1n) is 7.83. The number of allylic oxidation sites excluding steroid dienone is 1. The van der Waals surface area contributed by atoms with Gasteiger partial charge in [0.1, 0.15) is 5.60 Å². The minimum atomic E-state index is 0.117. The molecule has 1 spiro atoms. The molecule has 0 aromatic carbocycles. The van der Waals surface area contributed by atoms with Crippen LogP contribution in [0.2, 0.25) is 0 Å². The van der Waals surface area contributed by atoms with Gasteiger partial charge in [-0.1, -0.05) is 32.4 Å². The van der Waals surface area contributed by atoms with E-state index in [9.17, 15) is 0 Å². The summed E-state index contributed by atoms with van der Waals surface area (Å²) in [6.45, 7) is 10.1. The first-order valence-corrected chi connectivity index (χ1v) is 7.83. The summed E-state index contributed by atoms with van der Waals surface area (Å²) >= 11 is 0. The SMILES string of the molecule is COC1C(C)CCC2(CO2)C1/C(C)=C/CCC(C)C. The second-order valence-electron chi connectivity index (χ2n) is 6.97. The maximum absolute atomic E-state index is 5.86. The molecule has 1 heterocycles. The molecular weight excluding hydrogens is 236 g/mol. The quantitative estimate of drug-likeness (QED) is 0.549. The number of methoxy groups -OCH3 is 1. The van der Waals surface area contributed by atoms with Crippen LogP contribution in [-0.4, -0.2) is 25.4 Å². The molecule has 2 rings (SSSR count). The Bertz CT molecular complexity index is 328. The molecule has 0 aromatic heterocycles. The van der Waals surface area contributed by atoms with Crippen molar-refractivity contribution in [1.82, 2.24) is 0 Å². The Hall–Kier alpha value is -0.340. The largest absolute Gasteiger partial charge is 0.380 e. The summed E-state index contributed by atoms with van der Waals surface area (Å²) in [4.78, 5) is 0. The fourth-order valence-electron chi connectivity index (χ4n) is 3.65. The van der Waals surface area contributed by atoms with Crippen LogP contribution < -0.4 is 0 Å². The van der Waals surface area contributed by atoms with Gasteiger partial charge in [0.05, 0.1) is 12.7 Å². The standard InChI is InChI=1S/C17H30O2/c1-12(2)7-6-8-13(3)15-16(18-5)14(4)9-10-17(15)11-19-17/h8,12,14-16H,6-7,9-11H2,1-5H3/b13-8+. The number of hydrogen-bond donors (Lipinski definition) is 0. The zero-order valence-corrected chi connectivity index (χ0v) is 13.2. The predicted molar refractivity (Wildman–Crippen MR) is 79.2 cm³/mol. The maximum atomic E-state index is 5.86. The number of ether oxygens (including phenoxy) is 2. The van der Waals surface area contributed by atoms with E-state index in [1.165, 1.54) is 31.3 Å². The van der Waals surface area contributed by atoms with Gasteiger partial charge in [0.15, 0.2) is 0 Å². The Kier molecular flexibility index (Phi) is 4.73. The third kappa shape index (κ3) is 3.22. The van der Waals surface area contributed by atoms with Crippen LogP contribution in [0.3, 0.4) is 0 Å². The minimum Gasteiger partial charge on any atom is -0.380 e. The zero-order valence-electron chi connectivity index (χ0n) is 13.2. The molecule has 1 aliphatic heterocycles. The Morgan fingerprint density at radius 3 is 2.68 bits per heavy atom. The average molecular weight is 266 g/mol. The van der Waals surface area contributed by atoms with Crippen molar-refractivity contribution in [1.29, 1.82) is 0 Å². The highest BCUT2D eigenvalue weighted by molar-refractivity contribution is 5.20. The lowest BCUT2D eigenvalue weighted by molar-refractivity contribution is -0.0360. The van der Waals surface area contributed by atoms with Gasteiger partial charge in [-0.25, -0.2) is 0 Å². The van der Waals surface area contributed by atoms with Gasteiger partial charge < -0.3 is 9.47 Å². The molecule has 4 atom stereocenters. The predicted octanol–water partition coefficient (Wildman–Crippen LogP) is 4.20.